The lowest BCUT2D eigenvalue weighted by atomic mass is 10.1. The molecule has 0 bridgehead atoms. The first-order chi connectivity index (χ1) is 6.81. The largest absolute Gasteiger partial charge is 0.366 e. The van der Waals surface area contributed by atoms with Crippen LogP contribution in [0.5, 0.6) is 0 Å². The number of halogens is 1. The van der Waals surface area contributed by atoms with Crippen molar-refractivity contribution in [3.8, 4) is 0 Å². The lowest BCUT2D eigenvalue weighted by Crippen LogP contribution is -1.93. The van der Waals surface area contributed by atoms with Crippen LogP contribution in [-0.4, -0.2) is 5.97 Å². The highest BCUT2D eigenvalue weighted by Crippen LogP contribution is 2.29. The summed E-state index contributed by atoms with van der Waals surface area (Å²) >= 11 is 6.56. The van der Waals surface area contributed by atoms with E-state index >= 15 is 0 Å². The van der Waals surface area contributed by atoms with Crippen LogP contribution in [0.25, 0.3) is 0 Å². The lowest BCUT2D eigenvalue weighted by Gasteiger charge is -1.92. The van der Waals surface area contributed by atoms with Gasteiger partial charge in [0.1, 0.15) is 16.7 Å². The zero-order chi connectivity index (χ0) is 9.97. The van der Waals surface area contributed by atoms with E-state index in [4.69, 9.17) is 11.9 Å². The van der Waals surface area contributed by atoms with Crippen LogP contribution in [0.15, 0.2) is 6.07 Å². The lowest BCUT2D eigenvalue weighted by molar-refractivity contribution is 0.0756. The third kappa shape index (κ3) is 1.93. The van der Waals surface area contributed by atoms with E-state index < -0.39 is 5.97 Å². The number of rotatable bonds is 1. The summed E-state index contributed by atoms with van der Waals surface area (Å²) in [6.45, 7) is 0. The zero-order valence-electron chi connectivity index (χ0n) is 7.72. The number of hydrogen-bond donors (Lipinski definition) is 0. The van der Waals surface area contributed by atoms with Crippen molar-refractivity contribution in [1.29, 1.82) is 0 Å². The van der Waals surface area contributed by atoms with Crippen molar-refractivity contribution in [1.82, 2.24) is 0 Å². The third-order valence-corrected chi connectivity index (χ3v) is 3.88. The molecule has 0 saturated heterocycles. The molecule has 1 aliphatic rings. The highest BCUT2D eigenvalue weighted by atomic mass is 35.5. The second-order valence-corrected chi connectivity index (χ2v) is 4.78. The highest BCUT2D eigenvalue weighted by molar-refractivity contribution is 7.14. The standard InChI is InChI=1S/C10H11ClO2S/c11-13-10(12)9-6-7-4-2-1-3-5-8(7)14-9/h6H,1-5H2. The van der Waals surface area contributed by atoms with Gasteiger partial charge in [0, 0.05) is 4.88 Å². The van der Waals surface area contributed by atoms with Crippen LogP contribution >= 0.6 is 23.2 Å². The van der Waals surface area contributed by atoms with Gasteiger partial charge in [0.25, 0.3) is 0 Å². The molecule has 1 aromatic rings. The Morgan fingerprint density at radius 3 is 2.93 bits per heavy atom. The Labute approximate surface area is 92.0 Å². The second-order valence-electron chi connectivity index (χ2n) is 3.48. The number of thiophene rings is 1. The van der Waals surface area contributed by atoms with Crippen LogP contribution < -0.4 is 0 Å². The maximum Gasteiger partial charge on any atom is 0.366 e. The van der Waals surface area contributed by atoms with Crippen LogP contribution in [0.3, 0.4) is 0 Å². The Kier molecular flexibility index (Phi) is 3.08. The van der Waals surface area contributed by atoms with E-state index in [0.717, 1.165) is 12.8 Å². The smallest absolute Gasteiger partial charge is 0.342 e. The molecule has 1 heterocycles. The van der Waals surface area contributed by atoms with E-state index in [2.05, 4.69) is 4.29 Å². The van der Waals surface area contributed by atoms with Crippen LogP contribution in [0.2, 0.25) is 0 Å². The first kappa shape index (κ1) is 9.99. The van der Waals surface area contributed by atoms with Crippen LogP contribution in [0.4, 0.5) is 0 Å². The molecule has 0 saturated carbocycles. The Morgan fingerprint density at radius 1 is 1.36 bits per heavy atom. The molecule has 0 atom stereocenters. The predicted molar refractivity (Wildman–Crippen MR) is 56.8 cm³/mol. The highest BCUT2D eigenvalue weighted by Gasteiger charge is 2.16. The summed E-state index contributed by atoms with van der Waals surface area (Å²) in [7, 11) is 0. The number of fused-ring (bicyclic) bond motifs is 1. The van der Waals surface area contributed by atoms with E-state index in [-0.39, 0.29) is 0 Å². The van der Waals surface area contributed by atoms with Crippen LogP contribution in [-0.2, 0) is 17.1 Å². The summed E-state index contributed by atoms with van der Waals surface area (Å²) < 4.78 is 4.19. The first-order valence-electron chi connectivity index (χ1n) is 4.76. The molecule has 0 spiro atoms. The molecule has 0 aromatic carbocycles. The molecular weight excluding hydrogens is 220 g/mol. The van der Waals surface area contributed by atoms with Gasteiger partial charge < -0.3 is 4.29 Å². The summed E-state index contributed by atoms with van der Waals surface area (Å²) in [5.41, 5.74) is 1.31. The Balaban J connectivity index is 2.26. The van der Waals surface area contributed by atoms with Crippen molar-refractivity contribution < 1.29 is 9.08 Å². The Hall–Kier alpha value is -0.540. The van der Waals surface area contributed by atoms with Gasteiger partial charge in [-0.25, -0.2) is 4.79 Å². The van der Waals surface area contributed by atoms with Crippen molar-refractivity contribution in [2.24, 2.45) is 0 Å². The van der Waals surface area contributed by atoms with Crippen molar-refractivity contribution in [3.63, 3.8) is 0 Å². The summed E-state index contributed by atoms with van der Waals surface area (Å²) in [6, 6.07) is 1.93. The average molecular weight is 231 g/mol. The fourth-order valence-electron chi connectivity index (χ4n) is 1.81. The maximum atomic E-state index is 11.2. The quantitative estimate of drug-likeness (QED) is 0.692. The van der Waals surface area contributed by atoms with Gasteiger partial charge in [0.05, 0.1) is 0 Å². The second kappa shape index (κ2) is 4.32. The molecule has 2 rings (SSSR count). The van der Waals surface area contributed by atoms with Gasteiger partial charge in [-0.05, 0) is 37.3 Å². The normalized spacial score (nSPS) is 15.8. The number of aryl methyl sites for hydroxylation is 2. The Bertz CT molecular complexity index is 322. The van der Waals surface area contributed by atoms with Crippen LogP contribution in [0.1, 0.15) is 39.4 Å². The molecule has 4 heteroatoms. The fraction of sp³-hybridized carbons (Fsp3) is 0.500. The molecule has 14 heavy (non-hydrogen) atoms. The van der Waals surface area contributed by atoms with Crippen LogP contribution in [0, 0.1) is 0 Å². The molecule has 1 aromatic heterocycles. The van der Waals surface area contributed by atoms with Gasteiger partial charge in [0.15, 0.2) is 0 Å². The summed E-state index contributed by atoms with van der Waals surface area (Å²) in [4.78, 5) is 13.1. The van der Waals surface area contributed by atoms with E-state index in [1.165, 1.54) is 41.0 Å². The molecule has 0 aliphatic heterocycles. The summed E-state index contributed by atoms with van der Waals surface area (Å²) in [5.74, 6) is -0.426. The summed E-state index contributed by atoms with van der Waals surface area (Å²) in [5, 5.41) is 0. The number of carbonyl (C=O) groups is 1. The SMILES string of the molecule is O=C(OCl)c1cc2c(s1)CCCCC2. The topological polar surface area (TPSA) is 26.3 Å². The zero-order valence-corrected chi connectivity index (χ0v) is 9.29. The van der Waals surface area contributed by atoms with E-state index in [1.807, 2.05) is 6.07 Å². The number of hydrogen-bond acceptors (Lipinski definition) is 3. The average Bonchev–Trinajstić information content (AvgIpc) is 2.49. The minimum atomic E-state index is -0.426. The van der Waals surface area contributed by atoms with E-state index in [1.54, 1.807) is 0 Å². The molecule has 0 amide bonds. The molecule has 0 unspecified atom stereocenters. The molecule has 0 N–H and O–H groups in total. The minimum Gasteiger partial charge on any atom is -0.342 e. The van der Waals surface area contributed by atoms with Crippen molar-refractivity contribution in [2.75, 3.05) is 0 Å². The van der Waals surface area contributed by atoms with Gasteiger partial charge in [-0.15, -0.1) is 11.3 Å². The Morgan fingerprint density at radius 2 is 2.14 bits per heavy atom. The molecule has 0 radical (unpaired) electrons. The molecule has 0 fully saturated rings. The molecule has 76 valence electrons. The van der Waals surface area contributed by atoms with E-state index in [9.17, 15) is 4.79 Å². The van der Waals surface area contributed by atoms with E-state index in [0.29, 0.717) is 4.88 Å². The van der Waals surface area contributed by atoms with Crippen molar-refractivity contribution in [3.05, 3.63) is 21.4 Å². The maximum absolute atomic E-state index is 11.2. The fourth-order valence-corrected chi connectivity index (χ4v) is 3.07. The predicted octanol–water partition coefficient (Wildman–Crippen LogP) is 3.33. The molecule has 1 aliphatic carbocycles. The van der Waals surface area contributed by atoms with Gasteiger partial charge in [-0.1, -0.05) is 6.42 Å². The monoisotopic (exact) mass is 230 g/mol. The van der Waals surface area contributed by atoms with Gasteiger partial charge in [-0.2, -0.15) is 0 Å². The van der Waals surface area contributed by atoms with Gasteiger partial charge >= 0.3 is 5.97 Å². The number of carbonyl (C=O) groups excluding carboxylic acids is 1. The van der Waals surface area contributed by atoms with Gasteiger partial charge in [0.2, 0.25) is 0 Å². The molecular formula is C10H11ClO2S. The summed E-state index contributed by atoms with van der Waals surface area (Å²) in [6.07, 6.45) is 5.91. The van der Waals surface area contributed by atoms with Gasteiger partial charge in [-0.3, -0.25) is 0 Å². The minimum absolute atomic E-state index is 0.426. The van der Waals surface area contributed by atoms with Crippen molar-refractivity contribution >= 4 is 29.2 Å². The first-order valence-corrected chi connectivity index (χ1v) is 5.88. The molecule has 2 nitrogen and oxygen atoms in total. The third-order valence-electron chi connectivity index (χ3n) is 2.52. The van der Waals surface area contributed by atoms with Crippen molar-refractivity contribution in [2.45, 2.75) is 32.1 Å².